The summed E-state index contributed by atoms with van der Waals surface area (Å²) in [4.78, 5) is 5.03. The van der Waals surface area contributed by atoms with Crippen LogP contribution in [-0.2, 0) is 0 Å². The molecule has 0 aliphatic carbocycles. The van der Waals surface area contributed by atoms with Gasteiger partial charge in [0.1, 0.15) is 0 Å². The zero-order valence-corrected chi connectivity index (χ0v) is 9.45. The van der Waals surface area contributed by atoms with E-state index >= 15 is 0 Å². The third kappa shape index (κ3) is 1.81. The van der Waals surface area contributed by atoms with Crippen molar-refractivity contribution in [3.63, 3.8) is 0 Å². The summed E-state index contributed by atoms with van der Waals surface area (Å²) in [6.07, 6.45) is 2.55. The van der Waals surface area contributed by atoms with Crippen molar-refractivity contribution < 1.29 is 0 Å². The Morgan fingerprint density at radius 3 is 2.79 bits per heavy atom. The van der Waals surface area contributed by atoms with E-state index in [4.69, 9.17) is 5.73 Å². The Labute approximate surface area is 87.2 Å². The Hall–Kier alpha value is -0.120. The Bertz CT molecular complexity index is 195. The molecule has 2 heterocycles. The molecule has 2 aliphatic rings. The van der Waals surface area contributed by atoms with E-state index in [0.717, 1.165) is 24.4 Å². The third-order valence-electron chi connectivity index (χ3n) is 4.05. The van der Waals surface area contributed by atoms with Crippen LogP contribution in [-0.4, -0.2) is 56.1 Å². The summed E-state index contributed by atoms with van der Waals surface area (Å²) in [7, 11) is 4.52. The number of nitrogens with two attached hydrogens (primary N) is 1. The van der Waals surface area contributed by atoms with Gasteiger partial charge in [0.2, 0.25) is 0 Å². The third-order valence-corrected chi connectivity index (χ3v) is 4.05. The molecule has 0 amide bonds. The van der Waals surface area contributed by atoms with Crippen molar-refractivity contribution in [3.8, 4) is 0 Å². The van der Waals surface area contributed by atoms with E-state index in [1.54, 1.807) is 0 Å². The van der Waals surface area contributed by atoms with Gasteiger partial charge in [-0.05, 0) is 51.9 Å². The SMILES string of the molecule is CN1CCC2C(C1)C(CCN)CN2C. The molecule has 2 rings (SSSR count). The van der Waals surface area contributed by atoms with Gasteiger partial charge in [-0.2, -0.15) is 0 Å². The highest BCUT2D eigenvalue weighted by atomic mass is 15.2. The van der Waals surface area contributed by atoms with Crippen LogP contribution in [0.25, 0.3) is 0 Å². The van der Waals surface area contributed by atoms with E-state index in [-0.39, 0.29) is 0 Å². The first-order valence-electron chi connectivity index (χ1n) is 5.81. The maximum Gasteiger partial charge on any atom is 0.0148 e. The number of nitrogens with zero attached hydrogens (tertiary/aromatic N) is 2. The van der Waals surface area contributed by atoms with Gasteiger partial charge in [-0.1, -0.05) is 0 Å². The Balaban J connectivity index is 2.02. The molecular weight excluding hydrogens is 174 g/mol. The van der Waals surface area contributed by atoms with Crippen LogP contribution in [0.2, 0.25) is 0 Å². The molecule has 0 bridgehead atoms. The smallest absolute Gasteiger partial charge is 0.0148 e. The molecule has 3 heteroatoms. The summed E-state index contributed by atoms with van der Waals surface area (Å²) < 4.78 is 0. The van der Waals surface area contributed by atoms with Crippen LogP contribution in [0.3, 0.4) is 0 Å². The molecule has 2 N–H and O–H groups in total. The molecule has 3 unspecified atom stereocenters. The fraction of sp³-hybridized carbons (Fsp3) is 1.00. The van der Waals surface area contributed by atoms with Gasteiger partial charge in [-0.25, -0.2) is 0 Å². The number of likely N-dealkylation sites (tertiary alicyclic amines) is 2. The van der Waals surface area contributed by atoms with Gasteiger partial charge >= 0.3 is 0 Å². The van der Waals surface area contributed by atoms with Crippen LogP contribution in [0, 0.1) is 11.8 Å². The van der Waals surface area contributed by atoms with E-state index in [0.29, 0.717) is 0 Å². The molecule has 82 valence electrons. The molecule has 2 fully saturated rings. The highest BCUT2D eigenvalue weighted by Gasteiger charge is 2.41. The predicted octanol–water partition coefficient (Wildman–Crippen LogP) is 0.217. The van der Waals surface area contributed by atoms with Gasteiger partial charge in [0.25, 0.3) is 0 Å². The summed E-state index contributed by atoms with van der Waals surface area (Å²) in [5.74, 6) is 1.72. The van der Waals surface area contributed by atoms with Crippen molar-refractivity contribution in [2.45, 2.75) is 18.9 Å². The van der Waals surface area contributed by atoms with Crippen molar-refractivity contribution in [2.24, 2.45) is 17.6 Å². The highest BCUT2D eigenvalue weighted by Crippen LogP contribution is 2.35. The van der Waals surface area contributed by atoms with Crippen molar-refractivity contribution >= 4 is 0 Å². The lowest BCUT2D eigenvalue weighted by atomic mass is 9.84. The first-order chi connectivity index (χ1) is 6.72. The number of fused-ring (bicyclic) bond motifs is 1. The molecule has 0 saturated carbocycles. The second-order valence-corrected chi connectivity index (χ2v) is 5.06. The monoisotopic (exact) mass is 197 g/mol. The van der Waals surface area contributed by atoms with Crippen molar-refractivity contribution in [1.82, 2.24) is 9.80 Å². The van der Waals surface area contributed by atoms with Gasteiger partial charge in [0.15, 0.2) is 0 Å². The minimum Gasteiger partial charge on any atom is -0.330 e. The molecule has 3 nitrogen and oxygen atoms in total. The maximum absolute atomic E-state index is 5.68. The lowest BCUT2D eigenvalue weighted by Crippen LogP contribution is -2.44. The van der Waals surface area contributed by atoms with Crippen molar-refractivity contribution in [2.75, 3.05) is 40.3 Å². The fourth-order valence-corrected chi connectivity index (χ4v) is 3.31. The standard InChI is InChI=1S/C11H23N3/c1-13-6-4-11-10(8-13)9(3-5-12)7-14(11)2/h9-11H,3-8,12H2,1-2H3. The summed E-state index contributed by atoms with van der Waals surface area (Å²) in [5.41, 5.74) is 5.68. The Morgan fingerprint density at radius 2 is 2.07 bits per heavy atom. The van der Waals surface area contributed by atoms with E-state index < -0.39 is 0 Å². The van der Waals surface area contributed by atoms with Crippen molar-refractivity contribution in [1.29, 1.82) is 0 Å². The van der Waals surface area contributed by atoms with Crippen LogP contribution >= 0.6 is 0 Å². The summed E-state index contributed by atoms with van der Waals surface area (Å²) in [6.45, 7) is 4.66. The van der Waals surface area contributed by atoms with Crippen molar-refractivity contribution in [3.05, 3.63) is 0 Å². The van der Waals surface area contributed by atoms with Gasteiger partial charge in [0, 0.05) is 19.1 Å². The quantitative estimate of drug-likeness (QED) is 0.687. The molecule has 14 heavy (non-hydrogen) atoms. The fourth-order valence-electron chi connectivity index (χ4n) is 3.31. The molecule has 3 atom stereocenters. The largest absolute Gasteiger partial charge is 0.330 e. The Morgan fingerprint density at radius 1 is 1.29 bits per heavy atom. The summed E-state index contributed by atoms with van der Waals surface area (Å²) >= 11 is 0. The second-order valence-electron chi connectivity index (χ2n) is 5.06. The predicted molar refractivity (Wildman–Crippen MR) is 59.2 cm³/mol. The van der Waals surface area contributed by atoms with Crippen LogP contribution < -0.4 is 5.73 Å². The number of hydrogen-bond acceptors (Lipinski definition) is 3. The average Bonchev–Trinajstić information content (AvgIpc) is 2.44. The zero-order valence-electron chi connectivity index (χ0n) is 9.45. The van der Waals surface area contributed by atoms with Crippen LogP contribution in [0.5, 0.6) is 0 Å². The molecule has 2 aliphatic heterocycles. The van der Waals surface area contributed by atoms with Crippen LogP contribution in [0.1, 0.15) is 12.8 Å². The molecule has 0 radical (unpaired) electrons. The average molecular weight is 197 g/mol. The maximum atomic E-state index is 5.68. The summed E-state index contributed by atoms with van der Waals surface area (Å²) in [5, 5.41) is 0. The van der Waals surface area contributed by atoms with Gasteiger partial charge in [0.05, 0.1) is 0 Å². The molecular formula is C11H23N3. The lowest BCUT2D eigenvalue weighted by molar-refractivity contribution is 0.133. The molecule has 2 saturated heterocycles. The van der Waals surface area contributed by atoms with E-state index in [1.165, 1.54) is 32.5 Å². The summed E-state index contributed by atoms with van der Waals surface area (Å²) in [6, 6.07) is 0.836. The topological polar surface area (TPSA) is 32.5 Å². The minimum absolute atomic E-state index is 0.836. The van der Waals surface area contributed by atoms with Crippen LogP contribution in [0.15, 0.2) is 0 Å². The van der Waals surface area contributed by atoms with E-state index in [9.17, 15) is 0 Å². The van der Waals surface area contributed by atoms with E-state index in [1.807, 2.05) is 0 Å². The second kappa shape index (κ2) is 4.17. The highest BCUT2D eigenvalue weighted by molar-refractivity contribution is 4.95. The number of piperidine rings is 1. The minimum atomic E-state index is 0.836. The molecule has 0 aromatic rings. The van der Waals surface area contributed by atoms with Gasteiger partial charge < -0.3 is 15.5 Å². The normalized spacial score (nSPS) is 40.1. The first-order valence-corrected chi connectivity index (χ1v) is 5.81. The Kier molecular flexibility index (Phi) is 3.10. The van der Waals surface area contributed by atoms with Crippen LogP contribution in [0.4, 0.5) is 0 Å². The molecule has 0 spiro atoms. The first kappa shape index (κ1) is 10.4. The van der Waals surface area contributed by atoms with E-state index in [2.05, 4.69) is 23.9 Å². The molecule has 0 aromatic heterocycles. The lowest BCUT2D eigenvalue weighted by Gasteiger charge is -2.36. The number of rotatable bonds is 2. The van der Waals surface area contributed by atoms with Gasteiger partial charge in [-0.3, -0.25) is 0 Å². The zero-order chi connectivity index (χ0) is 10.1. The van der Waals surface area contributed by atoms with Gasteiger partial charge in [-0.15, -0.1) is 0 Å². The number of hydrogen-bond donors (Lipinski definition) is 1. The molecule has 0 aromatic carbocycles.